The third-order valence-electron chi connectivity index (χ3n) is 5.22. The number of nitrogens with zero attached hydrogens (tertiary/aromatic N) is 6. The van der Waals surface area contributed by atoms with Crippen LogP contribution in [-0.2, 0) is 11.3 Å². The number of aromatic nitrogens is 4. The Balaban J connectivity index is 1.39. The fraction of sp³-hybridized carbons (Fsp3) is 0.174. The molecule has 1 atom stereocenters. The number of carbonyl (C=O) groups is 1. The molecule has 3 heterocycles. The number of rotatable bonds is 6. The lowest BCUT2D eigenvalue weighted by molar-refractivity contribution is -0.134. The zero-order valence-electron chi connectivity index (χ0n) is 17.3. The van der Waals surface area contributed by atoms with E-state index in [1.807, 2.05) is 60.7 Å². The number of hydrogen-bond acceptors (Lipinski definition) is 7. The van der Waals surface area contributed by atoms with E-state index in [4.69, 9.17) is 9.15 Å². The SMILES string of the molecule is COc1ccc(C2=NN(C(=O)Cn3nnc(-c4ccccc4)n3)[C@H](c3ccco3)C2)cc1. The number of tetrazole rings is 1. The van der Waals surface area contributed by atoms with Crippen molar-refractivity contribution in [2.24, 2.45) is 5.10 Å². The molecule has 1 amide bonds. The molecule has 0 aliphatic carbocycles. The molecule has 160 valence electrons. The smallest absolute Gasteiger partial charge is 0.267 e. The van der Waals surface area contributed by atoms with E-state index < -0.39 is 0 Å². The number of benzene rings is 2. The Hall–Kier alpha value is -4.27. The Morgan fingerprint density at radius 2 is 1.88 bits per heavy atom. The first kappa shape index (κ1) is 19.7. The van der Waals surface area contributed by atoms with Crippen LogP contribution in [0.2, 0.25) is 0 Å². The van der Waals surface area contributed by atoms with Crippen LogP contribution < -0.4 is 4.74 Å². The minimum atomic E-state index is -0.341. The fourth-order valence-corrected chi connectivity index (χ4v) is 3.61. The van der Waals surface area contributed by atoms with Gasteiger partial charge in [-0.2, -0.15) is 9.90 Å². The van der Waals surface area contributed by atoms with Gasteiger partial charge >= 0.3 is 0 Å². The van der Waals surface area contributed by atoms with E-state index in [0.717, 1.165) is 22.6 Å². The molecule has 0 radical (unpaired) electrons. The standard InChI is InChI=1S/C23H20N6O3/c1-31-18-11-9-16(10-12-18)19-14-20(21-8-5-13-32-21)29(25-19)22(30)15-28-26-23(24-27-28)17-6-3-2-4-7-17/h2-13,20H,14-15H2,1H3/t20-/m0/s1. The van der Waals surface area contributed by atoms with Gasteiger partial charge in [0.05, 0.1) is 19.1 Å². The molecular formula is C23H20N6O3. The molecule has 9 heteroatoms. The Labute approximate surface area is 183 Å². The summed E-state index contributed by atoms with van der Waals surface area (Å²) in [7, 11) is 1.62. The van der Waals surface area contributed by atoms with Crippen molar-refractivity contribution in [2.45, 2.75) is 19.0 Å². The Bertz CT molecular complexity index is 1230. The molecule has 0 bridgehead atoms. The van der Waals surface area contributed by atoms with Gasteiger partial charge in [-0.15, -0.1) is 10.2 Å². The van der Waals surface area contributed by atoms with E-state index in [9.17, 15) is 4.79 Å². The number of hydrazone groups is 1. The van der Waals surface area contributed by atoms with E-state index in [1.54, 1.807) is 19.4 Å². The first-order valence-electron chi connectivity index (χ1n) is 10.1. The first-order valence-corrected chi connectivity index (χ1v) is 10.1. The van der Waals surface area contributed by atoms with Gasteiger partial charge in [-0.05, 0) is 47.2 Å². The zero-order valence-corrected chi connectivity index (χ0v) is 17.3. The zero-order chi connectivity index (χ0) is 21.9. The Morgan fingerprint density at radius 3 is 2.59 bits per heavy atom. The predicted octanol–water partition coefficient (Wildman–Crippen LogP) is 3.32. The largest absolute Gasteiger partial charge is 0.497 e. The summed E-state index contributed by atoms with van der Waals surface area (Å²) in [5.74, 6) is 1.63. The number of carbonyl (C=O) groups excluding carboxylic acids is 1. The summed E-state index contributed by atoms with van der Waals surface area (Å²) in [6.45, 7) is -0.0869. The third-order valence-corrected chi connectivity index (χ3v) is 5.22. The van der Waals surface area contributed by atoms with Crippen molar-refractivity contribution >= 4 is 11.6 Å². The van der Waals surface area contributed by atoms with Crippen LogP contribution in [0.1, 0.15) is 23.8 Å². The highest BCUT2D eigenvalue weighted by molar-refractivity contribution is 6.03. The molecule has 1 aliphatic heterocycles. The van der Waals surface area contributed by atoms with Crippen LogP contribution in [0.3, 0.4) is 0 Å². The second-order valence-corrected chi connectivity index (χ2v) is 7.26. The summed E-state index contributed by atoms with van der Waals surface area (Å²) in [4.78, 5) is 14.5. The van der Waals surface area contributed by atoms with Gasteiger partial charge in [0.2, 0.25) is 5.82 Å². The number of hydrogen-bond donors (Lipinski definition) is 0. The molecule has 4 aromatic rings. The molecule has 2 aromatic heterocycles. The Morgan fingerprint density at radius 1 is 1.06 bits per heavy atom. The van der Waals surface area contributed by atoms with E-state index >= 15 is 0 Å². The van der Waals surface area contributed by atoms with Crippen LogP contribution in [0.15, 0.2) is 82.5 Å². The van der Waals surface area contributed by atoms with Crippen molar-refractivity contribution < 1.29 is 13.9 Å². The van der Waals surface area contributed by atoms with Crippen molar-refractivity contribution in [3.63, 3.8) is 0 Å². The van der Waals surface area contributed by atoms with Crippen LogP contribution in [0.25, 0.3) is 11.4 Å². The second kappa shape index (κ2) is 8.46. The predicted molar refractivity (Wildman–Crippen MR) is 116 cm³/mol. The highest BCUT2D eigenvalue weighted by atomic mass is 16.5. The minimum Gasteiger partial charge on any atom is -0.497 e. The van der Waals surface area contributed by atoms with E-state index in [0.29, 0.717) is 18.0 Å². The summed E-state index contributed by atoms with van der Waals surface area (Å²) >= 11 is 0. The molecular weight excluding hydrogens is 408 g/mol. The molecule has 32 heavy (non-hydrogen) atoms. The maximum Gasteiger partial charge on any atom is 0.267 e. The topological polar surface area (TPSA) is 98.6 Å². The summed E-state index contributed by atoms with van der Waals surface area (Å²) in [5.41, 5.74) is 2.54. The lowest BCUT2D eigenvalue weighted by atomic mass is 10.0. The van der Waals surface area contributed by atoms with E-state index in [1.165, 1.54) is 9.81 Å². The van der Waals surface area contributed by atoms with Crippen LogP contribution in [-0.4, -0.2) is 43.9 Å². The third kappa shape index (κ3) is 3.87. The van der Waals surface area contributed by atoms with Gasteiger partial charge < -0.3 is 9.15 Å². The molecule has 5 rings (SSSR count). The molecule has 0 fully saturated rings. The maximum atomic E-state index is 13.2. The van der Waals surface area contributed by atoms with Crippen LogP contribution in [0.4, 0.5) is 0 Å². The van der Waals surface area contributed by atoms with Crippen LogP contribution in [0.5, 0.6) is 5.75 Å². The highest BCUT2D eigenvalue weighted by Crippen LogP contribution is 2.33. The van der Waals surface area contributed by atoms with E-state index in [-0.39, 0.29) is 18.5 Å². The lowest BCUT2D eigenvalue weighted by Crippen LogP contribution is -2.31. The maximum absolute atomic E-state index is 13.2. The molecule has 0 unspecified atom stereocenters. The minimum absolute atomic E-state index is 0.0869. The number of ether oxygens (including phenoxy) is 1. The summed E-state index contributed by atoms with van der Waals surface area (Å²) in [6, 6.07) is 20.4. The number of methoxy groups -OCH3 is 1. The second-order valence-electron chi connectivity index (χ2n) is 7.26. The molecule has 1 aliphatic rings. The van der Waals surface area contributed by atoms with E-state index in [2.05, 4.69) is 20.5 Å². The van der Waals surface area contributed by atoms with Gasteiger partial charge in [0, 0.05) is 12.0 Å². The van der Waals surface area contributed by atoms with Crippen molar-refractivity contribution in [1.29, 1.82) is 0 Å². The van der Waals surface area contributed by atoms with Gasteiger partial charge in [-0.25, -0.2) is 5.01 Å². The van der Waals surface area contributed by atoms with Crippen LogP contribution >= 0.6 is 0 Å². The van der Waals surface area contributed by atoms with Gasteiger partial charge in [0.15, 0.2) is 0 Å². The van der Waals surface area contributed by atoms with Crippen molar-refractivity contribution in [3.05, 3.63) is 84.3 Å². The highest BCUT2D eigenvalue weighted by Gasteiger charge is 2.35. The molecule has 0 N–H and O–H groups in total. The molecule has 9 nitrogen and oxygen atoms in total. The lowest BCUT2D eigenvalue weighted by Gasteiger charge is -2.19. The average molecular weight is 428 g/mol. The number of furan rings is 1. The van der Waals surface area contributed by atoms with Crippen LogP contribution in [0, 0.1) is 0 Å². The normalized spacial score (nSPS) is 15.6. The summed E-state index contributed by atoms with van der Waals surface area (Å²) < 4.78 is 10.8. The fourth-order valence-electron chi connectivity index (χ4n) is 3.61. The summed E-state index contributed by atoms with van der Waals surface area (Å²) in [5, 5.41) is 18.5. The van der Waals surface area contributed by atoms with Gasteiger partial charge in [0.25, 0.3) is 5.91 Å². The first-order chi connectivity index (χ1) is 15.7. The number of amides is 1. The molecule has 0 saturated heterocycles. The monoisotopic (exact) mass is 428 g/mol. The van der Waals surface area contributed by atoms with Gasteiger partial charge in [0.1, 0.15) is 24.1 Å². The summed E-state index contributed by atoms with van der Waals surface area (Å²) in [6.07, 6.45) is 2.13. The molecule has 0 spiro atoms. The van der Waals surface area contributed by atoms with Gasteiger partial charge in [-0.1, -0.05) is 30.3 Å². The molecule has 2 aromatic carbocycles. The van der Waals surface area contributed by atoms with Crippen molar-refractivity contribution in [1.82, 2.24) is 25.2 Å². The van der Waals surface area contributed by atoms with Crippen molar-refractivity contribution in [3.8, 4) is 17.1 Å². The van der Waals surface area contributed by atoms with Crippen molar-refractivity contribution in [2.75, 3.05) is 7.11 Å². The average Bonchev–Trinajstić information content (AvgIpc) is 3.60. The van der Waals surface area contributed by atoms with Gasteiger partial charge in [-0.3, -0.25) is 4.79 Å². The quantitative estimate of drug-likeness (QED) is 0.467. The molecule has 0 saturated carbocycles. The Kier molecular flexibility index (Phi) is 5.20.